The summed E-state index contributed by atoms with van der Waals surface area (Å²) in [6.07, 6.45) is 4.35. The second-order valence-electron chi connectivity index (χ2n) is 14.7. The number of halogens is 1. The van der Waals surface area contributed by atoms with Crippen molar-refractivity contribution in [3.8, 4) is 17.3 Å². The lowest BCUT2D eigenvalue weighted by Gasteiger charge is -2.64. The number of carbonyl (C=O) groups is 2. The van der Waals surface area contributed by atoms with E-state index in [1.54, 1.807) is 13.2 Å². The first-order valence-corrected chi connectivity index (χ1v) is 16.1. The number of fused-ring (bicyclic) bond motifs is 3. The molecule has 0 unspecified atom stereocenters. The van der Waals surface area contributed by atoms with Crippen LogP contribution in [0.2, 0.25) is 0 Å². The highest BCUT2D eigenvalue weighted by Crippen LogP contribution is 2.69. The SMILES string of the molecule is COc1cc(C(=O)N2C[C@H]3C[C@@]3(N)C2)cc2nc(-c3cc4ccc([C@@H](C)NC(=O)C56CC(F)(C5)C6)nc4n3CC3CC3)c(C)n12. The van der Waals surface area contributed by atoms with E-state index in [0.29, 0.717) is 61.3 Å². The molecule has 10 nitrogen and oxygen atoms in total. The Kier molecular flexibility index (Phi) is 5.37. The van der Waals surface area contributed by atoms with Gasteiger partial charge in [-0.2, -0.15) is 0 Å². The van der Waals surface area contributed by atoms with Crippen LogP contribution in [0.3, 0.4) is 0 Å². The van der Waals surface area contributed by atoms with E-state index in [9.17, 15) is 14.0 Å². The van der Waals surface area contributed by atoms with E-state index in [1.807, 2.05) is 35.3 Å². The maximum Gasteiger partial charge on any atom is 0.254 e. The third-order valence-corrected chi connectivity index (χ3v) is 11.3. The minimum atomic E-state index is -1.11. The molecule has 1 saturated heterocycles. The second-order valence-corrected chi connectivity index (χ2v) is 14.7. The van der Waals surface area contributed by atoms with Crippen molar-refractivity contribution in [1.29, 1.82) is 0 Å². The number of aryl methyl sites for hydroxylation is 1. The van der Waals surface area contributed by atoms with Crippen LogP contribution in [0.1, 0.15) is 73.2 Å². The van der Waals surface area contributed by atoms with Gasteiger partial charge in [0.25, 0.3) is 5.91 Å². The Labute approximate surface area is 260 Å². The van der Waals surface area contributed by atoms with Crippen molar-refractivity contribution in [3.63, 3.8) is 0 Å². The van der Waals surface area contributed by atoms with E-state index in [0.717, 1.165) is 46.8 Å². The predicted octanol–water partition coefficient (Wildman–Crippen LogP) is 4.32. The Bertz CT molecular complexity index is 1940. The fourth-order valence-electron chi connectivity index (χ4n) is 8.31. The van der Waals surface area contributed by atoms with Gasteiger partial charge >= 0.3 is 0 Å². The number of likely N-dealkylation sites (tertiary alicyclic amines) is 1. The molecular weight excluding hydrogens is 573 g/mol. The lowest BCUT2D eigenvalue weighted by Crippen LogP contribution is -2.70. The van der Waals surface area contributed by atoms with Gasteiger partial charge in [-0.05, 0) is 88.5 Å². The summed E-state index contributed by atoms with van der Waals surface area (Å²) in [6.45, 7) is 6.06. The van der Waals surface area contributed by atoms with Crippen LogP contribution in [0, 0.1) is 24.2 Å². The minimum Gasteiger partial charge on any atom is -0.482 e. The number of hydrogen-bond donors (Lipinski definition) is 2. The molecule has 0 radical (unpaired) electrons. The first-order chi connectivity index (χ1) is 21.5. The minimum absolute atomic E-state index is 0.0472. The summed E-state index contributed by atoms with van der Waals surface area (Å²) in [5, 5.41) is 4.10. The number of pyridine rings is 2. The van der Waals surface area contributed by atoms with E-state index in [4.69, 9.17) is 20.4 Å². The van der Waals surface area contributed by atoms with Gasteiger partial charge in [0.1, 0.15) is 22.7 Å². The number of amides is 2. The van der Waals surface area contributed by atoms with Gasteiger partial charge in [-0.3, -0.25) is 14.0 Å². The number of aromatic nitrogens is 4. The molecule has 10 rings (SSSR count). The maximum atomic E-state index is 14.1. The summed E-state index contributed by atoms with van der Waals surface area (Å²) in [7, 11) is 1.61. The number of alkyl halides is 1. The highest BCUT2D eigenvalue weighted by molar-refractivity contribution is 5.96. The Balaban J connectivity index is 1.07. The van der Waals surface area contributed by atoms with Crippen LogP contribution in [-0.4, -0.2) is 67.1 Å². The van der Waals surface area contributed by atoms with Gasteiger partial charge in [0.15, 0.2) is 5.88 Å². The molecule has 3 atom stereocenters. The average Bonchev–Trinajstić information content (AvgIpc) is 3.81. The second kappa shape index (κ2) is 8.84. The highest BCUT2D eigenvalue weighted by atomic mass is 19.1. The van der Waals surface area contributed by atoms with Gasteiger partial charge in [0.05, 0.1) is 35.6 Å². The Morgan fingerprint density at radius 2 is 1.96 bits per heavy atom. The topological polar surface area (TPSA) is 120 Å². The molecule has 6 aliphatic rings. The van der Waals surface area contributed by atoms with Crippen molar-refractivity contribution in [2.75, 3.05) is 20.2 Å². The first-order valence-electron chi connectivity index (χ1n) is 16.1. The van der Waals surface area contributed by atoms with Crippen molar-refractivity contribution in [3.05, 3.63) is 47.3 Å². The van der Waals surface area contributed by atoms with Crippen LogP contribution in [0.4, 0.5) is 4.39 Å². The largest absolute Gasteiger partial charge is 0.482 e. The molecule has 0 aromatic carbocycles. The van der Waals surface area contributed by atoms with Crippen LogP contribution in [0.5, 0.6) is 5.88 Å². The first kappa shape index (κ1) is 27.3. The molecule has 4 aromatic heterocycles. The quantitative estimate of drug-likeness (QED) is 0.306. The smallest absolute Gasteiger partial charge is 0.254 e. The summed E-state index contributed by atoms with van der Waals surface area (Å²) in [5.41, 5.74) is 10.0. The normalized spacial score (nSPS) is 30.2. The van der Waals surface area contributed by atoms with Gasteiger partial charge in [0.2, 0.25) is 5.91 Å². The highest BCUT2D eigenvalue weighted by Gasteiger charge is 2.72. The van der Waals surface area contributed by atoms with Crippen LogP contribution >= 0.6 is 0 Å². The summed E-state index contributed by atoms with van der Waals surface area (Å²) in [6, 6.07) is 9.49. The fourth-order valence-corrected chi connectivity index (χ4v) is 8.31. The van der Waals surface area contributed by atoms with Gasteiger partial charge in [-0.15, -0.1) is 0 Å². The number of nitrogens with zero attached hydrogens (tertiary/aromatic N) is 5. The lowest BCUT2D eigenvalue weighted by molar-refractivity contribution is -0.214. The molecule has 5 saturated carbocycles. The molecule has 45 heavy (non-hydrogen) atoms. The van der Waals surface area contributed by atoms with E-state index < -0.39 is 11.1 Å². The zero-order valence-corrected chi connectivity index (χ0v) is 25.9. The lowest BCUT2D eigenvalue weighted by atomic mass is 9.42. The van der Waals surface area contributed by atoms with E-state index in [-0.39, 0.29) is 23.4 Å². The van der Waals surface area contributed by atoms with Gasteiger partial charge in [0, 0.05) is 42.2 Å². The number of nitrogens with two attached hydrogens (primary N) is 1. The Hall–Kier alpha value is -3.99. The molecule has 4 aromatic rings. The third-order valence-electron chi connectivity index (χ3n) is 11.3. The number of methoxy groups -OCH3 is 1. The predicted molar refractivity (Wildman–Crippen MR) is 166 cm³/mol. The molecule has 11 heteroatoms. The van der Waals surface area contributed by atoms with Crippen LogP contribution < -0.4 is 15.8 Å². The molecule has 0 spiro atoms. The van der Waals surface area contributed by atoms with E-state index in [2.05, 4.69) is 22.0 Å². The van der Waals surface area contributed by atoms with Crippen molar-refractivity contribution < 1.29 is 18.7 Å². The van der Waals surface area contributed by atoms with E-state index >= 15 is 0 Å². The molecule has 5 heterocycles. The Morgan fingerprint density at radius 1 is 1.18 bits per heavy atom. The maximum absolute atomic E-state index is 14.1. The summed E-state index contributed by atoms with van der Waals surface area (Å²) in [4.78, 5) is 38.5. The average molecular weight is 612 g/mol. The number of carbonyl (C=O) groups excluding carboxylic acids is 2. The van der Waals surface area contributed by atoms with Gasteiger partial charge in [-0.1, -0.05) is 0 Å². The summed E-state index contributed by atoms with van der Waals surface area (Å²) < 4.78 is 24.1. The van der Waals surface area contributed by atoms with Crippen molar-refractivity contribution in [2.45, 2.75) is 76.2 Å². The molecular formula is C34H38FN7O3. The number of ether oxygens (including phenoxy) is 1. The molecule has 3 N–H and O–H groups in total. The number of imidazole rings is 1. The fraction of sp³-hybridized carbons (Fsp3) is 0.529. The van der Waals surface area contributed by atoms with Crippen molar-refractivity contribution >= 4 is 28.5 Å². The molecule has 5 aliphatic carbocycles. The van der Waals surface area contributed by atoms with Crippen molar-refractivity contribution in [2.24, 2.45) is 23.0 Å². The number of rotatable bonds is 8. The van der Waals surface area contributed by atoms with Gasteiger partial charge < -0.3 is 25.3 Å². The number of nitrogens with one attached hydrogen (secondary N) is 1. The van der Waals surface area contributed by atoms with E-state index in [1.165, 1.54) is 12.8 Å². The zero-order valence-electron chi connectivity index (χ0n) is 25.9. The van der Waals surface area contributed by atoms with Crippen LogP contribution in [-0.2, 0) is 11.3 Å². The molecule has 2 amide bonds. The standard InChI is InChI=1S/C34H38FN7O3/c1-18(37-31(44)32-14-33(35,15-32)16-32)24-7-6-21-8-25(41(29(21)38-24)12-20-4-5-20)28-19(2)42-26(39-28)9-22(10-27(42)45-3)30(43)40-13-23-11-34(23,36)17-40/h6-10,18,20,23H,4-5,11-17,36H2,1-3H3,(H,37,44)/t18-,23-,32?,33?,34-/m1/s1. The Morgan fingerprint density at radius 3 is 2.62 bits per heavy atom. The summed E-state index contributed by atoms with van der Waals surface area (Å²) >= 11 is 0. The monoisotopic (exact) mass is 611 g/mol. The molecule has 2 bridgehead atoms. The van der Waals surface area contributed by atoms with Gasteiger partial charge in [-0.25, -0.2) is 14.4 Å². The van der Waals surface area contributed by atoms with Crippen LogP contribution in [0.25, 0.3) is 28.1 Å². The number of hydrogen-bond acceptors (Lipinski definition) is 6. The zero-order chi connectivity index (χ0) is 31.0. The molecule has 234 valence electrons. The van der Waals surface area contributed by atoms with Crippen molar-refractivity contribution in [1.82, 2.24) is 29.2 Å². The third kappa shape index (κ3) is 4.01. The van der Waals surface area contributed by atoms with Crippen LogP contribution in [0.15, 0.2) is 30.3 Å². The number of piperidine rings is 1. The molecule has 6 fully saturated rings. The molecule has 1 aliphatic heterocycles. The summed E-state index contributed by atoms with van der Waals surface area (Å²) in [5.74, 6) is 1.41.